The van der Waals surface area contributed by atoms with Crippen molar-refractivity contribution in [2.75, 3.05) is 39.6 Å². The predicted octanol–water partition coefficient (Wildman–Crippen LogP) is 0.829. The molecule has 0 spiro atoms. The van der Waals surface area contributed by atoms with Crippen LogP contribution in [0.5, 0.6) is 0 Å². The van der Waals surface area contributed by atoms with Crippen molar-refractivity contribution < 1.29 is 23.8 Å². The van der Waals surface area contributed by atoms with Crippen molar-refractivity contribution in [1.29, 1.82) is 0 Å². The van der Waals surface area contributed by atoms with Crippen LogP contribution in [0, 0.1) is 5.41 Å². The number of nitrogens with two attached hydrogens (primary N) is 1. The lowest BCUT2D eigenvalue weighted by molar-refractivity contribution is -0.120. The second-order valence-corrected chi connectivity index (χ2v) is 7.58. The van der Waals surface area contributed by atoms with E-state index in [4.69, 9.17) is 19.9 Å². The van der Waals surface area contributed by atoms with Gasteiger partial charge >= 0.3 is 0 Å². The Morgan fingerprint density at radius 3 is 1.52 bits per heavy atom. The molecular formula is C19H39N3O5. The van der Waals surface area contributed by atoms with Crippen molar-refractivity contribution >= 4 is 11.8 Å². The molecule has 4 N–H and O–H groups in total. The maximum atomic E-state index is 11.1. The van der Waals surface area contributed by atoms with Gasteiger partial charge in [-0.05, 0) is 27.2 Å². The molecule has 0 aromatic heterocycles. The Labute approximate surface area is 163 Å². The minimum atomic E-state index is -0.319. The van der Waals surface area contributed by atoms with E-state index in [1.165, 1.54) is 13.8 Å². The summed E-state index contributed by atoms with van der Waals surface area (Å²) in [5, 5.41) is 5.60. The second kappa shape index (κ2) is 13.9. The van der Waals surface area contributed by atoms with Gasteiger partial charge in [0.15, 0.2) is 0 Å². The third-order valence-electron chi connectivity index (χ3n) is 3.99. The van der Waals surface area contributed by atoms with Crippen molar-refractivity contribution in [1.82, 2.24) is 10.6 Å². The standard InChI is InChI=1S/C19H39N3O5/c1-7-19(11-25-8-14(2)20,12-26-9-15(3)21-17(5)23)13-27-10-16(4)22-18(6)24/h14-16H,7-13,20H2,1-6H3,(H,21,23)(H,22,24). The fraction of sp³-hybridized carbons (Fsp3) is 0.895. The van der Waals surface area contributed by atoms with E-state index in [9.17, 15) is 9.59 Å². The molecule has 3 unspecified atom stereocenters. The Hall–Kier alpha value is -1.22. The summed E-state index contributed by atoms with van der Waals surface area (Å²) < 4.78 is 17.5. The van der Waals surface area contributed by atoms with Gasteiger partial charge < -0.3 is 30.6 Å². The zero-order chi connectivity index (χ0) is 20.9. The average Bonchev–Trinajstić information content (AvgIpc) is 2.52. The van der Waals surface area contributed by atoms with Crippen LogP contribution in [0.15, 0.2) is 0 Å². The number of carbonyl (C=O) groups excluding carboxylic acids is 2. The second-order valence-electron chi connectivity index (χ2n) is 7.58. The molecule has 0 saturated carbocycles. The Kier molecular flexibility index (Phi) is 13.2. The van der Waals surface area contributed by atoms with Crippen molar-refractivity contribution in [3.8, 4) is 0 Å². The lowest BCUT2D eigenvalue weighted by Crippen LogP contribution is -2.42. The van der Waals surface area contributed by atoms with Gasteiger partial charge in [0, 0.05) is 37.4 Å². The summed E-state index contributed by atoms with van der Waals surface area (Å²) in [6.07, 6.45) is 0.801. The number of amides is 2. The van der Waals surface area contributed by atoms with Gasteiger partial charge in [0.2, 0.25) is 11.8 Å². The molecule has 8 heteroatoms. The smallest absolute Gasteiger partial charge is 0.217 e. The van der Waals surface area contributed by atoms with Crippen LogP contribution in [-0.4, -0.2) is 69.6 Å². The van der Waals surface area contributed by atoms with Gasteiger partial charge in [0.05, 0.1) is 39.6 Å². The molecule has 0 aromatic carbocycles. The molecule has 0 aromatic rings. The number of ether oxygens (including phenoxy) is 3. The van der Waals surface area contributed by atoms with E-state index in [0.717, 1.165) is 6.42 Å². The van der Waals surface area contributed by atoms with Gasteiger partial charge in [0.1, 0.15) is 0 Å². The van der Waals surface area contributed by atoms with E-state index in [2.05, 4.69) is 17.6 Å². The van der Waals surface area contributed by atoms with Crippen LogP contribution in [0.25, 0.3) is 0 Å². The first-order valence-electron chi connectivity index (χ1n) is 9.63. The highest BCUT2D eigenvalue weighted by Crippen LogP contribution is 2.24. The molecule has 27 heavy (non-hydrogen) atoms. The van der Waals surface area contributed by atoms with Gasteiger partial charge in [-0.25, -0.2) is 0 Å². The molecule has 0 saturated heterocycles. The molecule has 0 rings (SSSR count). The van der Waals surface area contributed by atoms with Crippen molar-refractivity contribution in [3.05, 3.63) is 0 Å². The largest absolute Gasteiger partial charge is 0.379 e. The van der Waals surface area contributed by atoms with E-state index in [-0.39, 0.29) is 35.4 Å². The summed E-state index contributed by atoms with van der Waals surface area (Å²) in [5.74, 6) is -0.160. The van der Waals surface area contributed by atoms with Gasteiger partial charge in [-0.3, -0.25) is 9.59 Å². The maximum absolute atomic E-state index is 11.1. The summed E-state index contributed by atoms with van der Waals surface area (Å²) in [4.78, 5) is 22.2. The van der Waals surface area contributed by atoms with E-state index in [1.54, 1.807) is 0 Å². The lowest BCUT2D eigenvalue weighted by Gasteiger charge is -2.33. The minimum Gasteiger partial charge on any atom is -0.379 e. The summed E-state index contributed by atoms with van der Waals surface area (Å²) in [7, 11) is 0. The van der Waals surface area contributed by atoms with E-state index < -0.39 is 0 Å². The average molecular weight is 390 g/mol. The third kappa shape index (κ3) is 13.6. The summed E-state index contributed by atoms with van der Waals surface area (Å²) in [5.41, 5.74) is 5.45. The predicted molar refractivity (Wildman–Crippen MR) is 105 cm³/mol. The molecule has 2 amide bonds. The SMILES string of the molecule is CCC(COCC(C)N)(COCC(C)NC(C)=O)COCC(C)NC(C)=O. The van der Waals surface area contributed by atoms with Crippen LogP contribution in [-0.2, 0) is 23.8 Å². The van der Waals surface area contributed by atoms with Crippen LogP contribution >= 0.6 is 0 Å². The molecule has 0 aliphatic carbocycles. The number of rotatable bonds is 15. The third-order valence-corrected chi connectivity index (χ3v) is 3.99. The molecule has 0 heterocycles. The van der Waals surface area contributed by atoms with E-state index in [1.807, 2.05) is 20.8 Å². The molecule has 8 nitrogen and oxygen atoms in total. The topological polar surface area (TPSA) is 112 Å². The van der Waals surface area contributed by atoms with E-state index >= 15 is 0 Å². The van der Waals surface area contributed by atoms with Gasteiger partial charge in [0.25, 0.3) is 0 Å². The van der Waals surface area contributed by atoms with Crippen molar-refractivity contribution in [2.45, 2.75) is 66.1 Å². The Morgan fingerprint density at radius 1 is 0.852 bits per heavy atom. The molecular weight excluding hydrogens is 350 g/mol. The van der Waals surface area contributed by atoms with Crippen molar-refractivity contribution in [3.63, 3.8) is 0 Å². The minimum absolute atomic E-state index is 0.0408. The molecule has 0 bridgehead atoms. The maximum Gasteiger partial charge on any atom is 0.217 e. The molecule has 0 fully saturated rings. The lowest BCUT2D eigenvalue weighted by atomic mass is 9.88. The van der Waals surface area contributed by atoms with Gasteiger partial charge in [-0.15, -0.1) is 0 Å². The zero-order valence-corrected chi connectivity index (χ0v) is 17.8. The highest BCUT2D eigenvalue weighted by molar-refractivity contribution is 5.73. The Balaban J connectivity index is 4.65. The van der Waals surface area contributed by atoms with Crippen LogP contribution in [0.3, 0.4) is 0 Å². The highest BCUT2D eigenvalue weighted by atomic mass is 16.5. The summed E-state index contributed by atoms with van der Waals surface area (Å²) in [6, 6.07) is -0.175. The fourth-order valence-electron chi connectivity index (χ4n) is 2.57. The highest BCUT2D eigenvalue weighted by Gasteiger charge is 2.30. The number of hydrogen-bond acceptors (Lipinski definition) is 6. The monoisotopic (exact) mass is 389 g/mol. The van der Waals surface area contributed by atoms with E-state index in [0.29, 0.717) is 39.6 Å². The zero-order valence-electron chi connectivity index (χ0n) is 17.8. The van der Waals surface area contributed by atoms with Crippen LogP contribution in [0.1, 0.15) is 48.0 Å². The fourth-order valence-corrected chi connectivity index (χ4v) is 2.57. The van der Waals surface area contributed by atoms with Crippen molar-refractivity contribution in [2.24, 2.45) is 11.1 Å². The normalized spacial score (nSPS) is 16.9. The first kappa shape index (κ1) is 25.8. The molecule has 0 radical (unpaired) electrons. The van der Waals surface area contributed by atoms with Gasteiger partial charge in [-0.1, -0.05) is 6.92 Å². The van der Waals surface area contributed by atoms with Gasteiger partial charge in [-0.2, -0.15) is 0 Å². The Morgan fingerprint density at radius 2 is 1.22 bits per heavy atom. The van der Waals surface area contributed by atoms with Crippen LogP contribution in [0.4, 0.5) is 0 Å². The first-order valence-corrected chi connectivity index (χ1v) is 9.63. The van der Waals surface area contributed by atoms with Crippen LogP contribution < -0.4 is 16.4 Å². The first-order chi connectivity index (χ1) is 12.6. The molecule has 3 atom stereocenters. The Bertz CT molecular complexity index is 404. The number of carbonyl (C=O) groups is 2. The number of hydrogen-bond donors (Lipinski definition) is 3. The molecule has 0 aliphatic rings. The molecule has 0 aliphatic heterocycles. The summed E-state index contributed by atoms with van der Waals surface area (Å²) in [6.45, 7) is 13.4. The van der Waals surface area contributed by atoms with Crippen LogP contribution in [0.2, 0.25) is 0 Å². The number of nitrogens with one attached hydrogen (secondary N) is 2. The summed E-state index contributed by atoms with van der Waals surface area (Å²) >= 11 is 0. The quantitative estimate of drug-likeness (QED) is 0.382. The molecule has 160 valence electrons.